The summed E-state index contributed by atoms with van der Waals surface area (Å²) in [6, 6.07) is 3.42. The Morgan fingerprint density at radius 1 is 1.33 bits per heavy atom. The van der Waals surface area contributed by atoms with E-state index in [-0.39, 0.29) is 16.3 Å². The van der Waals surface area contributed by atoms with Crippen molar-refractivity contribution in [1.29, 1.82) is 0 Å². The third kappa shape index (κ3) is 3.92. The van der Waals surface area contributed by atoms with Crippen LogP contribution in [0.4, 0.5) is 11.4 Å². The Kier molecular flexibility index (Phi) is 4.79. The fraction of sp³-hybridized carbons (Fsp3) is 0.538. The van der Waals surface area contributed by atoms with Crippen LogP contribution in [0.15, 0.2) is 23.1 Å². The zero-order chi connectivity index (χ0) is 15.5. The summed E-state index contributed by atoms with van der Waals surface area (Å²) in [5, 5.41) is 10.7. The minimum atomic E-state index is -3.82. The van der Waals surface area contributed by atoms with Gasteiger partial charge in [0.1, 0.15) is 4.90 Å². The van der Waals surface area contributed by atoms with Gasteiger partial charge in [-0.3, -0.25) is 10.1 Å². The van der Waals surface area contributed by atoms with Gasteiger partial charge in [0.25, 0.3) is 5.69 Å². The van der Waals surface area contributed by atoms with Crippen LogP contribution in [0.3, 0.4) is 0 Å². The van der Waals surface area contributed by atoms with Crippen molar-refractivity contribution >= 4 is 21.4 Å². The van der Waals surface area contributed by atoms with Gasteiger partial charge in [0.2, 0.25) is 10.0 Å². The number of nitrogens with two attached hydrogens (primary N) is 1. The topological polar surface area (TPSA) is 115 Å². The van der Waals surface area contributed by atoms with Crippen molar-refractivity contribution in [2.24, 2.45) is 5.92 Å². The second-order valence-electron chi connectivity index (χ2n) is 5.32. The average Bonchev–Trinajstić information content (AvgIpc) is 2.91. The van der Waals surface area contributed by atoms with E-state index in [0.717, 1.165) is 25.3 Å². The number of nitrogens with one attached hydrogen (secondary N) is 1. The Hall–Kier alpha value is -1.67. The molecule has 116 valence electrons. The van der Waals surface area contributed by atoms with Gasteiger partial charge in [-0.1, -0.05) is 25.7 Å². The first-order valence-electron chi connectivity index (χ1n) is 6.94. The lowest BCUT2D eigenvalue weighted by molar-refractivity contribution is -0.385. The number of nitro benzene ring substituents is 1. The Labute approximate surface area is 123 Å². The molecule has 1 aliphatic carbocycles. The third-order valence-electron chi connectivity index (χ3n) is 3.82. The van der Waals surface area contributed by atoms with Gasteiger partial charge in [-0.2, -0.15) is 0 Å². The molecule has 0 unspecified atom stereocenters. The van der Waals surface area contributed by atoms with E-state index < -0.39 is 14.9 Å². The summed E-state index contributed by atoms with van der Waals surface area (Å²) in [5.74, 6) is 0.565. The maximum atomic E-state index is 12.2. The Morgan fingerprint density at radius 3 is 2.62 bits per heavy atom. The normalized spacial score (nSPS) is 16.2. The zero-order valence-corrected chi connectivity index (χ0v) is 12.4. The predicted octanol–water partition coefficient (Wildman–Crippen LogP) is 2.04. The van der Waals surface area contributed by atoms with Crippen molar-refractivity contribution in [3.8, 4) is 0 Å². The lowest BCUT2D eigenvalue weighted by Crippen LogP contribution is -2.26. The molecule has 0 atom stereocenters. The number of hydrogen-bond acceptors (Lipinski definition) is 5. The second kappa shape index (κ2) is 6.40. The number of rotatable bonds is 6. The monoisotopic (exact) mass is 313 g/mol. The largest absolute Gasteiger partial charge is 0.398 e. The number of hydrogen-bond donors (Lipinski definition) is 2. The van der Waals surface area contributed by atoms with Crippen molar-refractivity contribution in [2.75, 3.05) is 12.3 Å². The number of anilines is 1. The lowest BCUT2D eigenvalue weighted by Gasteiger charge is -2.11. The predicted molar refractivity (Wildman–Crippen MR) is 79.3 cm³/mol. The highest BCUT2D eigenvalue weighted by Crippen LogP contribution is 2.27. The number of nitrogen functional groups attached to an aromatic ring is 1. The van der Waals surface area contributed by atoms with Crippen LogP contribution in [0.1, 0.15) is 32.1 Å². The molecule has 0 aromatic heterocycles. The van der Waals surface area contributed by atoms with E-state index >= 15 is 0 Å². The minimum Gasteiger partial charge on any atom is -0.398 e. The maximum Gasteiger partial charge on any atom is 0.270 e. The molecule has 7 nitrogen and oxygen atoms in total. The Morgan fingerprint density at radius 2 is 2.00 bits per heavy atom. The number of benzene rings is 1. The van der Waals surface area contributed by atoms with E-state index in [0.29, 0.717) is 12.5 Å². The molecule has 3 N–H and O–H groups in total. The lowest BCUT2D eigenvalue weighted by atomic mass is 10.1. The number of non-ortho nitro benzene ring substituents is 1. The molecule has 1 aromatic rings. The van der Waals surface area contributed by atoms with Gasteiger partial charge in [0, 0.05) is 18.7 Å². The van der Waals surface area contributed by atoms with Crippen molar-refractivity contribution < 1.29 is 13.3 Å². The molecule has 1 aromatic carbocycles. The number of sulfonamides is 1. The molecule has 21 heavy (non-hydrogen) atoms. The van der Waals surface area contributed by atoms with Gasteiger partial charge < -0.3 is 5.73 Å². The molecule has 0 aliphatic heterocycles. The molecular weight excluding hydrogens is 294 g/mol. The Bertz CT molecular complexity index is 624. The van der Waals surface area contributed by atoms with Crippen LogP contribution in [0.25, 0.3) is 0 Å². The SMILES string of the molecule is Nc1ccc([N+](=O)[O-])cc1S(=O)(=O)NCCC1CCCC1. The van der Waals surface area contributed by atoms with Crippen LogP contribution in [0.5, 0.6) is 0 Å². The van der Waals surface area contributed by atoms with Crippen LogP contribution >= 0.6 is 0 Å². The van der Waals surface area contributed by atoms with Crippen LogP contribution < -0.4 is 10.5 Å². The molecule has 1 saturated carbocycles. The number of nitrogens with zero attached hydrogens (tertiary/aromatic N) is 1. The molecule has 8 heteroatoms. The van der Waals surface area contributed by atoms with E-state index in [1.807, 2.05) is 0 Å². The molecule has 2 rings (SSSR count). The zero-order valence-electron chi connectivity index (χ0n) is 11.6. The molecule has 0 heterocycles. The summed E-state index contributed by atoms with van der Waals surface area (Å²) in [7, 11) is -3.82. The first-order chi connectivity index (χ1) is 9.90. The maximum absolute atomic E-state index is 12.2. The summed E-state index contributed by atoms with van der Waals surface area (Å²) in [6.07, 6.45) is 5.47. The molecule has 1 fully saturated rings. The van der Waals surface area contributed by atoms with Crippen molar-refractivity contribution in [3.05, 3.63) is 28.3 Å². The Balaban J connectivity index is 2.07. The van der Waals surface area contributed by atoms with Gasteiger partial charge in [0.05, 0.1) is 10.6 Å². The summed E-state index contributed by atoms with van der Waals surface area (Å²) < 4.78 is 26.9. The molecule has 1 aliphatic rings. The first kappa shape index (κ1) is 15.7. The summed E-state index contributed by atoms with van der Waals surface area (Å²) in [4.78, 5) is 9.85. The van der Waals surface area contributed by atoms with E-state index in [1.165, 1.54) is 25.0 Å². The van der Waals surface area contributed by atoms with Crippen LogP contribution in [0.2, 0.25) is 0 Å². The first-order valence-corrected chi connectivity index (χ1v) is 8.42. The molecule has 0 amide bonds. The average molecular weight is 313 g/mol. The van der Waals surface area contributed by atoms with Crippen molar-refractivity contribution in [3.63, 3.8) is 0 Å². The smallest absolute Gasteiger partial charge is 0.270 e. The van der Waals surface area contributed by atoms with Crippen LogP contribution in [0, 0.1) is 16.0 Å². The van der Waals surface area contributed by atoms with E-state index in [4.69, 9.17) is 5.73 Å². The fourth-order valence-electron chi connectivity index (χ4n) is 2.64. The van der Waals surface area contributed by atoms with Gasteiger partial charge >= 0.3 is 0 Å². The molecule has 0 saturated heterocycles. The van der Waals surface area contributed by atoms with Crippen molar-refractivity contribution in [1.82, 2.24) is 4.72 Å². The van der Waals surface area contributed by atoms with Gasteiger partial charge in [0.15, 0.2) is 0 Å². The number of nitro groups is 1. The van der Waals surface area contributed by atoms with Crippen molar-refractivity contribution in [2.45, 2.75) is 37.0 Å². The second-order valence-corrected chi connectivity index (χ2v) is 7.05. The van der Waals surface area contributed by atoms with E-state index in [2.05, 4.69) is 4.72 Å². The highest BCUT2D eigenvalue weighted by molar-refractivity contribution is 7.89. The highest BCUT2D eigenvalue weighted by atomic mass is 32.2. The highest BCUT2D eigenvalue weighted by Gasteiger charge is 2.22. The molecule has 0 spiro atoms. The van der Waals surface area contributed by atoms with Crippen LogP contribution in [-0.4, -0.2) is 19.9 Å². The van der Waals surface area contributed by atoms with Gasteiger partial charge in [-0.15, -0.1) is 0 Å². The molecule has 0 bridgehead atoms. The quantitative estimate of drug-likeness (QED) is 0.473. The summed E-state index contributed by atoms with van der Waals surface area (Å²) in [5.41, 5.74) is 5.34. The third-order valence-corrected chi connectivity index (χ3v) is 5.33. The summed E-state index contributed by atoms with van der Waals surface area (Å²) in [6.45, 7) is 0.329. The fourth-order valence-corrected chi connectivity index (χ4v) is 3.84. The molecular formula is C13H19N3O4S. The molecule has 0 radical (unpaired) electrons. The van der Waals surface area contributed by atoms with E-state index in [1.54, 1.807) is 0 Å². The van der Waals surface area contributed by atoms with Gasteiger partial charge in [-0.25, -0.2) is 13.1 Å². The van der Waals surface area contributed by atoms with E-state index in [9.17, 15) is 18.5 Å². The van der Waals surface area contributed by atoms with Crippen LogP contribution in [-0.2, 0) is 10.0 Å². The summed E-state index contributed by atoms with van der Waals surface area (Å²) >= 11 is 0. The standard InChI is InChI=1S/C13H19N3O4S/c14-12-6-5-11(16(17)18)9-13(12)21(19,20)15-8-7-10-3-1-2-4-10/h5-6,9-10,15H,1-4,7-8,14H2. The minimum absolute atomic E-state index is 0.00830. The van der Waals surface area contributed by atoms with Gasteiger partial charge in [-0.05, 0) is 18.4 Å².